The quantitative estimate of drug-likeness (QED) is 0.0364. The van der Waals surface area contributed by atoms with Gasteiger partial charge in [0.2, 0.25) is 0 Å². The Kier molecular flexibility index (Phi) is 41.8. The summed E-state index contributed by atoms with van der Waals surface area (Å²) in [6.07, 6.45) is 36.6. The molecule has 0 aliphatic rings. The zero-order valence-corrected chi connectivity index (χ0v) is 37.6. The van der Waals surface area contributed by atoms with E-state index in [1.165, 1.54) is 109 Å². The van der Waals surface area contributed by atoms with Gasteiger partial charge >= 0.3 is 23.9 Å². The van der Waals surface area contributed by atoms with Crippen LogP contribution in [0, 0.1) is 0 Å². The standard InChI is InChI=1S/C48H91NO8/c1-4-7-10-13-16-17-18-24-32-42-55-46(52)35-29-25-31-40-49(41-43-56-47(53)38-37-45(50)51)39-30-23-19-22-28-36-48(54)57-44(33-26-20-14-11-8-5-2)34-27-21-15-12-9-6-3/h44H,4-43H2,1-3H3,(H,50,51). The van der Waals surface area contributed by atoms with E-state index in [0.29, 0.717) is 26.0 Å². The minimum Gasteiger partial charge on any atom is -0.481 e. The van der Waals surface area contributed by atoms with Crippen LogP contribution in [-0.2, 0) is 33.4 Å². The molecule has 9 heteroatoms. The minimum atomic E-state index is -1.01. The molecule has 0 aromatic heterocycles. The number of rotatable bonds is 45. The number of aliphatic carboxylic acids is 1. The van der Waals surface area contributed by atoms with E-state index in [4.69, 9.17) is 19.3 Å². The molecular weight excluding hydrogens is 719 g/mol. The van der Waals surface area contributed by atoms with Crippen LogP contribution in [0.2, 0.25) is 0 Å². The Morgan fingerprint density at radius 2 is 0.789 bits per heavy atom. The number of ether oxygens (including phenoxy) is 3. The molecule has 0 spiro atoms. The van der Waals surface area contributed by atoms with E-state index in [1.54, 1.807) is 0 Å². The van der Waals surface area contributed by atoms with E-state index >= 15 is 0 Å². The molecule has 336 valence electrons. The second-order valence-corrected chi connectivity index (χ2v) is 16.6. The van der Waals surface area contributed by atoms with Crippen molar-refractivity contribution >= 4 is 23.9 Å². The van der Waals surface area contributed by atoms with E-state index in [1.807, 2.05) is 0 Å². The fourth-order valence-corrected chi connectivity index (χ4v) is 7.30. The third kappa shape index (κ3) is 41.8. The van der Waals surface area contributed by atoms with Gasteiger partial charge in [-0.15, -0.1) is 0 Å². The smallest absolute Gasteiger partial charge is 0.306 e. The molecule has 57 heavy (non-hydrogen) atoms. The van der Waals surface area contributed by atoms with Gasteiger partial charge in [-0.05, 0) is 70.9 Å². The molecule has 0 aliphatic carbocycles. The number of hydrogen-bond donors (Lipinski definition) is 1. The van der Waals surface area contributed by atoms with Gasteiger partial charge in [0, 0.05) is 19.4 Å². The lowest BCUT2D eigenvalue weighted by Gasteiger charge is -2.22. The van der Waals surface area contributed by atoms with Crippen LogP contribution >= 0.6 is 0 Å². The molecule has 0 saturated heterocycles. The van der Waals surface area contributed by atoms with Crippen molar-refractivity contribution in [3.63, 3.8) is 0 Å². The number of unbranched alkanes of at least 4 members (excludes halogenated alkanes) is 24. The van der Waals surface area contributed by atoms with Crippen molar-refractivity contribution in [2.75, 3.05) is 32.8 Å². The summed E-state index contributed by atoms with van der Waals surface area (Å²) in [7, 11) is 0. The third-order valence-electron chi connectivity index (χ3n) is 11.0. The molecule has 0 unspecified atom stereocenters. The second-order valence-electron chi connectivity index (χ2n) is 16.6. The van der Waals surface area contributed by atoms with Gasteiger partial charge in [0.05, 0.1) is 19.4 Å². The Morgan fingerprint density at radius 1 is 0.404 bits per heavy atom. The Balaban J connectivity index is 4.43. The Hall–Kier alpha value is -2.16. The van der Waals surface area contributed by atoms with Crippen molar-refractivity contribution in [3.05, 3.63) is 0 Å². The summed E-state index contributed by atoms with van der Waals surface area (Å²) >= 11 is 0. The molecule has 0 aliphatic heterocycles. The van der Waals surface area contributed by atoms with Crippen LogP contribution in [0.4, 0.5) is 0 Å². The lowest BCUT2D eigenvalue weighted by Crippen LogP contribution is -2.30. The minimum absolute atomic E-state index is 0.0342. The maximum absolute atomic E-state index is 12.8. The Labute approximate surface area is 350 Å². The van der Waals surface area contributed by atoms with Crippen molar-refractivity contribution in [3.8, 4) is 0 Å². The monoisotopic (exact) mass is 810 g/mol. The predicted octanol–water partition coefficient (Wildman–Crippen LogP) is 13.1. The van der Waals surface area contributed by atoms with Crippen LogP contribution < -0.4 is 0 Å². The number of hydrogen-bond acceptors (Lipinski definition) is 8. The molecule has 0 aromatic carbocycles. The molecule has 0 rings (SSSR count). The predicted molar refractivity (Wildman–Crippen MR) is 234 cm³/mol. The van der Waals surface area contributed by atoms with Crippen LogP contribution in [0.3, 0.4) is 0 Å². The number of carboxylic acids is 1. The fraction of sp³-hybridized carbons (Fsp3) is 0.917. The van der Waals surface area contributed by atoms with Crippen LogP contribution in [0.15, 0.2) is 0 Å². The van der Waals surface area contributed by atoms with Gasteiger partial charge in [-0.1, -0.05) is 162 Å². The van der Waals surface area contributed by atoms with Crippen molar-refractivity contribution < 1.29 is 38.5 Å². The van der Waals surface area contributed by atoms with Gasteiger partial charge in [0.1, 0.15) is 12.7 Å². The Morgan fingerprint density at radius 3 is 1.30 bits per heavy atom. The molecule has 0 fully saturated rings. The summed E-state index contributed by atoms with van der Waals surface area (Å²) in [6.45, 7) is 9.84. The molecule has 0 bridgehead atoms. The molecule has 1 N–H and O–H groups in total. The average Bonchev–Trinajstić information content (AvgIpc) is 3.19. The van der Waals surface area contributed by atoms with E-state index in [-0.39, 0.29) is 37.5 Å². The first-order valence-electron chi connectivity index (χ1n) is 24.3. The maximum Gasteiger partial charge on any atom is 0.306 e. The van der Waals surface area contributed by atoms with E-state index in [2.05, 4.69) is 25.7 Å². The first kappa shape index (κ1) is 54.8. The zero-order chi connectivity index (χ0) is 41.9. The molecule has 0 heterocycles. The largest absolute Gasteiger partial charge is 0.481 e. The van der Waals surface area contributed by atoms with Crippen molar-refractivity contribution in [2.24, 2.45) is 0 Å². The van der Waals surface area contributed by atoms with Gasteiger partial charge in [-0.25, -0.2) is 0 Å². The average molecular weight is 810 g/mol. The third-order valence-corrected chi connectivity index (χ3v) is 11.0. The zero-order valence-electron chi connectivity index (χ0n) is 37.6. The Bertz CT molecular complexity index is 912. The summed E-state index contributed by atoms with van der Waals surface area (Å²) in [5.74, 6) is -1.62. The summed E-state index contributed by atoms with van der Waals surface area (Å²) in [5.41, 5.74) is 0. The topological polar surface area (TPSA) is 119 Å². The molecule has 0 radical (unpaired) electrons. The SMILES string of the molecule is CCCCCCCCCCCOC(=O)CCCCCN(CCCCCCCC(=O)OC(CCCCCCCC)CCCCCCCC)CCOC(=O)CCC(=O)O. The van der Waals surface area contributed by atoms with Crippen LogP contribution in [0.25, 0.3) is 0 Å². The van der Waals surface area contributed by atoms with E-state index < -0.39 is 11.9 Å². The van der Waals surface area contributed by atoms with Gasteiger partial charge in [-0.2, -0.15) is 0 Å². The molecular formula is C48H91NO8. The second kappa shape index (κ2) is 43.4. The van der Waals surface area contributed by atoms with Crippen LogP contribution in [0.1, 0.15) is 245 Å². The highest BCUT2D eigenvalue weighted by Crippen LogP contribution is 2.19. The van der Waals surface area contributed by atoms with Crippen molar-refractivity contribution in [1.29, 1.82) is 0 Å². The van der Waals surface area contributed by atoms with E-state index in [9.17, 15) is 19.2 Å². The summed E-state index contributed by atoms with van der Waals surface area (Å²) in [4.78, 5) is 50.0. The highest BCUT2D eigenvalue weighted by Gasteiger charge is 2.15. The first-order chi connectivity index (χ1) is 27.8. The summed E-state index contributed by atoms with van der Waals surface area (Å²) in [5, 5.41) is 8.84. The number of nitrogens with zero attached hydrogens (tertiary/aromatic N) is 1. The maximum atomic E-state index is 12.8. The number of carbonyl (C=O) groups excluding carboxylic acids is 3. The normalized spacial score (nSPS) is 11.4. The lowest BCUT2D eigenvalue weighted by molar-refractivity contribution is -0.150. The highest BCUT2D eigenvalue weighted by atomic mass is 16.5. The number of carboxylic acid groups (broad SMARTS) is 1. The molecule has 0 atom stereocenters. The van der Waals surface area contributed by atoms with E-state index in [0.717, 1.165) is 103 Å². The molecule has 0 amide bonds. The molecule has 0 saturated carbocycles. The van der Waals surface area contributed by atoms with Gasteiger partial charge in [-0.3, -0.25) is 24.1 Å². The van der Waals surface area contributed by atoms with Gasteiger partial charge in [0.25, 0.3) is 0 Å². The van der Waals surface area contributed by atoms with Crippen LogP contribution in [-0.4, -0.2) is 72.8 Å². The number of esters is 3. The van der Waals surface area contributed by atoms with Crippen molar-refractivity contribution in [2.45, 2.75) is 252 Å². The van der Waals surface area contributed by atoms with Crippen LogP contribution in [0.5, 0.6) is 0 Å². The summed E-state index contributed by atoms with van der Waals surface area (Å²) < 4.78 is 16.8. The fourth-order valence-electron chi connectivity index (χ4n) is 7.30. The number of carbonyl (C=O) groups is 4. The van der Waals surface area contributed by atoms with Crippen molar-refractivity contribution in [1.82, 2.24) is 4.90 Å². The molecule has 0 aromatic rings. The lowest BCUT2D eigenvalue weighted by atomic mass is 10.0. The van der Waals surface area contributed by atoms with Gasteiger partial charge in [0.15, 0.2) is 0 Å². The first-order valence-corrected chi connectivity index (χ1v) is 24.3. The molecule has 9 nitrogen and oxygen atoms in total. The summed E-state index contributed by atoms with van der Waals surface area (Å²) in [6, 6.07) is 0. The van der Waals surface area contributed by atoms with Gasteiger partial charge < -0.3 is 19.3 Å². The highest BCUT2D eigenvalue weighted by molar-refractivity contribution is 5.76.